The Balaban J connectivity index is 1.56. The summed E-state index contributed by atoms with van der Waals surface area (Å²) in [5, 5.41) is 0.318. The van der Waals surface area contributed by atoms with Gasteiger partial charge in [-0.1, -0.05) is 18.2 Å². The van der Waals surface area contributed by atoms with E-state index >= 15 is 0 Å². The maximum atomic E-state index is 12.6. The lowest BCUT2D eigenvalue weighted by Gasteiger charge is -2.15. The number of ketones is 1. The number of para-hydroxylation sites is 1. The molecule has 0 radical (unpaired) electrons. The van der Waals surface area contributed by atoms with Crippen LogP contribution in [-0.2, 0) is 19.9 Å². The third-order valence-electron chi connectivity index (χ3n) is 4.94. The Morgan fingerprint density at radius 3 is 2.45 bits per heavy atom. The number of sulfonamides is 1. The van der Waals surface area contributed by atoms with Gasteiger partial charge in [0.1, 0.15) is 10.6 Å². The number of fused-ring (bicyclic) bond motifs is 1. The number of Topliss-reactive ketones (excluding diaryl/α,β-unsaturated/α-hetero) is 1. The van der Waals surface area contributed by atoms with Crippen LogP contribution < -0.4 is 0 Å². The van der Waals surface area contributed by atoms with Crippen molar-refractivity contribution in [2.75, 3.05) is 18.8 Å². The van der Waals surface area contributed by atoms with Crippen LogP contribution in [0.15, 0.2) is 58.7 Å². The number of benzene rings is 1. The first kappa shape index (κ1) is 19.7. The molecule has 2 aromatic heterocycles. The minimum atomic E-state index is -4.02. The first-order chi connectivity index (χ1) is 13.8. The summed E-state index contributed by atoms with van der Waals surface area (Å²) in [6.07, 6.45) is 4.13. The summed E-state index contributed by atoms with van der Waals surface area (Å²) < 4.78 is 51.7. The number of aromatic nitrogens is 2. The van der Waals surface area contributed by atoms with Gasteiger partial charge in [-0.15, -0.1) is 0 Å². The van der Waals surface area contributed by atoms with Crippen LogP contribution in [0.25, 0.3) is 10.9 Å². The monoisotopic (exact) mass is 433 g/mol. The molecule has 4 rings (SSSR count). The van der Waals surface area contributed by atoms with Crippen molar-refractivity contribution in [3.8, 4) is 0 Å². The van der Waals surface area contributed by atoms with E-state index in [9.17, 15) is 21.6 Å². The maximum Gasteiger partial charge on any atom is 0.244 e. The average molecular weight is 434 g/mol. The molecule has 10 heteroatoms. The zero-order valence-corrected chi connectivity index (χ0v) is 17.0. The highest BCUT2D eigenvalue weighted by molar-refractivity contribution is 7.92. The zero-order chi connectivity index (χ0) is 20.6. The molecule has 0 aliphatic carbocycles. The number of carbonyl (C=O) groups is 1. The van der Waals surface area contributed by atoms with E-state index in [0.29, 0.717) is 18.5 Å². The van der Waals surface area contributed by atoms with Crippen LogP contribution in [-0.4, -0.2) is 55.7 Å². The van der Waals surface area contributed by atoms with Gasteiger partial charge < -0.3 is 4.98 Å². The molecule has 0 unspecified atom stereocenters. The van der Waals surface area contributed by atoms with Crippen molar-refractivity contribution in [1.82, 2.24) is 14.3 Å². The molecule has 8 nitrogen and oxygen atoms in total. The Hall–Kier alpha value is -2.56. The highest BCUT2D eigenvalue weighted by Crippen LogP contribution is 2.22. The molecule has 1 aromatic carbocycles. The summed E-state index contributed by atoms with van der Waals surface area (Å²) in [5.74, 6) is -1.31. The molecule has 3 heterocycles. The molecule has 1 N–H and O–H groups in total. The van der Waals surface area contributed by atoms with Gasteiger partial charge in [0.2, 0.25) is 19.9 Å². The first-order valence-corrected chi connectivity index (χ1v) is 12.2. The molecule has 1 aliphatic rings. The fourth-order valence-corrected chi connectivity index (χ4v) is 6.01. The van der Waals surface area contributed by atoms with Gasteiger partial charge in [-0.05, 0) is 31.0 Å². The van der Waals surface area contributed by atoms with E-state index in [4.69, 9.17) is 0 Å². The molecule has 152 valence electrons. The SMILES string of the molecule is O=C(CS(=O)(=O)c1ccc(S(=O)(=O)N2CCCC2)cn1)c1c[nH]c2ccccc12. The van der Waals surface area contributed by atoms with Gasteiger partial charge in [-0.3, -0.25) is 4.79 Å². The smallest absolute Gasteiger partial charge is 0.244 e. The Morgan fingerprint density at radius 1 is 1.03 bits per heavy atom. The summed E-state index contributed by atoms with van der Waals surface area (Å²) >= 11 is 0. The lowest BCUT2D eigenvalue weighted by atomic mass is 10.1. The van der Waals surface area contributed by atoms with Crippen molar-refractivity contribution < 1.29 is 21.6 Å². The highest BCUT2D eigenvalue weighted by Gasteiger charge is 2.29. The van der Waals surface area contributed by atoms with Gasteiger partial charge >= 0.3 is 0 Å². The van der Waals surface area contributed by atoms with Crippen molar-refractivity contribution >= 4 is 36.5 Å². The molecule has 0 bridgehead atoms. The summed E-state index contributed by atoms with van der Waals surface area (Å²) in [5.41, 5.74) is 1.03. The van der Waals surface area contributed by atoms with Crippen LogP contribution >= 0.6 is 0 Å². The number of hydrogen-bond acceptors (Lipinski definition) is 6. The van der Waals surface area contributed by atoms with Gasteiger partial charge in [-0.25, -0.2) is 21.8 Å². The van der Waals surface area contributed by atoms with E-state index in [2.05, 4.69) is 9.97 Å². The van der Waals surface area contributed by atoms with E-state index in [1.54, 1.807) is 18.2 Å². The fourth-order valence-electron chi connectivity index (χ4n) is 3.41. The Kier molecular flexibility index (Phi) is 5.01. The number of aromatic amines is 1. The second-order valence-corrected chi connectivity index (χ2v) is 10.7. The number of hydrogen-bond donors (Lipinski definition) is 1. The van der Waals surface area contributed by atoms with Crippen molar-refractivity contribution in [2.45, 2.75) is 22.8 Å². The van der Waals surface area contributed by atoms with E-state index in [1.807, 2.05) is 6.07 Å². The maximum absolute atomic E-state index is 12.6. The summed E-state index contributed by atoms with van der Waals surface area (Å²) in [7, 11) is -7.70. The van der Waals surface area contributed by atoms with E-state index in [0.717, 1.165) is 30.6 Å². The van der Waals surface area contributed by atoms with Crippen LogP contribution in [0.2, 0.25) is 0 Å². The number of nitrogens with one attached hydrogen (secondary N) is 1. The molecule has 0 saturated carbocycles. The van der Waals surface area contributed by atoms with Crippen molar-refractivity contribution in [3.05, 3.63) is 54.4 Å². The fraction of sp³-hybridized carbons (Fsp3) is 0.263. The number of rotatable bonds is 6. The number of carbonyl (C=O) groups excluding carboxylic acids is 1. The first-order valence-electron chi connectivity index (χ1n) is 9.07. The quantitative estimate of drug-likeness (QED) is 0.594. The van der Waals surface area contributed by atoms with Gasteiger partial charge in [0.15, 0.2) is 10.8 Å². The largest absolute Gasteiger partial charge is 0.360 e. The van der Waals surface area contributed by atoms with E-state index in [1.165, 1.54) is 16.6 Å². The summed E-state index contributed by atoms with van der Waals surface area (Å²) in [4.78, 5) is 19.3. The van der Waals surface area contributed by atoms with Crippen LogP contribution in [0.1, 0.15) is 23.2 Å². The van der Waals surface area contributed by atoms with Crippen molar-refractivity contribution in [1.29, 1.82) is 0 Å². The molecule has 1 fully saturated rings. The summed E-state index contributed by atoms with van der Waals surface area (Å²) in [6, 6.07) is 9.47. The second-order valence-electron chi connectivity index (χ2n) is 6.87. The number of H-pyrrole nitrogens is 1. The summed E-state index contributed by atoms with van der Waals surface area (Å²) in [6.45, 7) is 0.892. The molecule has 1 aliphatic heterocycles. The number of pyridine rings is 1. The predicted octanol–water partition coefficient (Wildman–Crippen LogP) is 2.00. The highest BCUT2D eigenvalue weighted by atomic mass is 32.2. The molecule has 0 amide bonds. The van der Waals surface area contributed by atoms with Crippen LogP contribution in [0.4, 0.5) is 0 Å². The molecule has 0 spiro atoms. The third-order valence-corrected chi connectivity index (χ3v) is 8.34. The van der Waals surface area contributed by atoms with Gasteiger partial charge in [-0.2, -0.15) is 4.31 Å². The third kappa shape index (κ3) is 3.70. The Labute approximate surface area is 168 Å². The van der Waals surface area contributed by atoms with E-state index < -0.39 is 31.4 Å². The number of sulfone groups is 1. The number of nitrogens with zero attached hydrogens (tertiary/aromatic N) is 2. The lowest BCUT2D eigenvalue weighted by molar-refractivity contribution is 0.102. The van der Waals surface area contributed by atoms with Gasteiger partial charge in [0.05, 0.1) is 0 Å². The lowest BCUT2D eigenvalue weighted by Crippen LogP contribution is -2.28. The zero-order valence-electron chi connectivity index (χ0n) is 15.4. The standard InChI is InChI=1S/C19H19N3O5S2/c23-18(16-12-20-17-6-2-1-5-15(16)17)13-28(24,25)19-8-7-14(11-21-19)29(26,27)22-9-3-4-10-22/h1-2,5-8,11-12,20H,3-4,9-10,13H2. The average Bonchev–Trinajstić information content (AvgIpc) is 3.38. The van der Waals surface area contributed by atoms with Crippen LogP contribution in [0.3, 0.4) is 0 Å². The van der Waals surface area contributed by atoms with Crippen LogP contribution in [0.5, 0.6) is 0 Å². The predicted molar refractivity (Wildman–Crippen MR) is 107 cm³/mol. The van der Waals surface area contributed by atoms with Crippen molar-refractivity contribution in [2.24, 2.45) is 0 Å². The molecular formula is C19H19N3O5S2. The van der Waals surface area contributed by atoms with Crippen molar-refractivity contribution in [3.63, 3.8) is 0 Å². The Bertz CT molecular complexity index is 1270. The molecule has 3 aromatic rings. The van der Waals surface area contributed by atoms with Gasteiger partial charge in [0, 0.05) is 41.9 Å². The molecule has 29 heavy (non-hydrogen) atoms. The molecular weight excluding hydrogens is 414 g/mol. The second kappa shape index (κ2) is 7.36. The topological polar surface area (TPSA) is 117 Å². The Morgan fingerprint density at radius 2 is 1.76 bits per heavy atom. The minimum Gasteiger partial charge on any atom is -0.360 e. The molecule has 1 saturated heterocycles. The van der Waals surface area contributed by atoms with Gasteiger partial charge in [0.25, 0.3) is 0 Å². The van der Waals surface area contributed by atoms with Crippen LogP contribution in [0, 0.1) is 0 Å². The normalized spacial score (nSPS) is 15.7. The minimum absolute atomic E-state index is 0.0543. The van der Waals surface area contributed by atoms with E-state index in [-0.39, 0.29) is 15.5 Å². The molecule has 0 atom stereocenters.